The highest BCUT2D eigenvalue weighted by molar-refractivity contribution is 7.53. The lowest BCUT2D eigenvalue weighted by molar-refractivity contribution is 0.140. The first kappa shape index (κ1) is 14.2. The lowest BCUT2D eigenvalue weighted by atomic mass is 9.98. The maximum absolute atomic E-state index is 12.3. The van der Waals surface area contributed by atoms with Gasteiger partial charge in [0, 0.05) is 6.66 Å². The van der Waals surface area contributed by atoms with Crippen molar-refractivity contribution in [1.29, 1.82) is 0 Å². The van der Waals surface area contributed by atoms with Crippen LogP contribution in [-0.2, 0) is 9.09 Å². The maximum Gasteiger partial charge on any atom is 0.376 e. The first-order chi connectivity index (χ1) is 9.09. The van der Waals surface area contributed by atoms with Crippen LogP contribution >= 0.6 is 7.60 Å². The fourth-order valence-corrected chi connectivity index (χ4v) is 3.52. The van der Waals surface area contributed by atoms with Gasteiger partial charge in [0.1, 0.15) is 11.4 Å². The summed E-state index contributed by atoms with van der Waals surface area (Å²) >= 11 is 0. The van der Waals surface area contributed by atoms with Crippen LogP contribution in [0.2, 0.25) is 0 Å². The first-order valence-corrected chi connectivity index (χ1v) is 8.47. The van der Waals surface area contributed by atoms with Gasteiger partial charge in [0.25, 0.3) is 0 Å². The van der Waals surface area contributed by atoms with Crippen LogP contribution < -0.4 is 4.52 Å². The van der Waals surface area contributed by atoms with E-state index in [1.807, 2.05) is 0 Å². The highest BCUT2D eigenvalue weighted by atomic mass is 31.2. The summed E-state index contributed by atoms with van der Waals surface area (Å²) in [6.45, 7) is 1.48. The topological polar surface area (TPSA) is 65.0 Å². The molecule has 0 N–H and O–H groups in total. The van der Waals surface area contributed by atoms with Gasteiger partial charge in [-0.15, -0.1) is 4.91 Å². The Morgan fingerprint density at radius 1 is 1.16 bits per heavy atom. The summed E-state index contributed by atoms with van der Waals surface area (Å²) in [4.78, 5) is 10.3. The van der Waals surface area contributed by atoms with Gasteiger partial charge in [-0.25, -0.2) is 4.57 Å². The van der Waals surface area contributed by atoms with Gasteiger partial charge in [0.15, 0.2) is 0 Å². The quantitative estimate of drug-likeness (QED) is 0.583. The Kier molecular flexibility index (Phi) is 4.72. The number of nitrogens with zero attached hydrogens (tertiary/aromatic N) is 1. The molecule has 1 aliphatic carbocycles. The third-order valence-electron chi connectivity index (χ3n) is 3.11. The fraction of sp³-hybridized carbons (Fsp3) is 0.538. The fourth-order valence-electron chi connectivity index (χ4n) is 2.22. The van der Waals surface area contributed by atoms with E-state index < -0.39 is 7.60 Å². The van der Waals surface area contributed by atoms with Crippen LogP contribution in [0.1, 0.15) is 32.1 Å². The zero-order chi connectivity index (χ0) is 13.7. The van der Waals surface area contributed by atoms with Gasteiger partial charge in [0.2, 0.25) is 0 Å². The van der Waals surface area contributed by atoms with Crippen LogP contribution in [0, 0.1) is 4.91 Å². The highest BCUT2D eigenvalue weighted by Gasteiger charge is 2.25. The molecule has 0 saturated heterocycles. The maximum atomic E-state index is 12.3. The van der Waals surface area contributed by atoms with Crippen molar-refractivity contribution in [3.8, 4) is 5.75 Å². The molecule has 1 aliphatic rings. The Balaban J connectivity index is 1.94. The molecule has 1 unspecified atom stereocenters. The van der Waals surface area contributed by atoms with Crippen molar-refractivity contribution in [3.05, 3.63) is 29.2 Å². The number of rotatable bonds is 5. The van der Waals surface area contributed by atoms with Crippen LogP contribution in [0.15, 0.2) is 29.4 Å². The molecule has 1 fully saturated rings. The minimum absolute atomic E-state index is 0.0282. The molecular formula is C13H18NO4P. The highest BCUT2D eigenvalue weighted by Crippen LogP contribution is 2.47. The third kappa shape index (κ3) is 4.44. The van der Waals surface area contributed by atoms with E-state index in [0.29, 0.717) is 11.4 Å². The van der Waals surface area contributed by atoms with E-state index in [2.05, 4.69) is 5.18 Å². The summed E-state index contributed by atoms with van der Waals surface area (Å²) in [5.41, 5.74) is 0.312. The molecule has 0 radical (unpaired) electrons. The molecule has 6 heteroatoms. The standard InChI is InChI=1S/C13H18NO4P/c1-19(16,17-12-5-3-2-4-6-12)18-13-9-7-11(14-15)8-10-13/h7-10,12H,2-6H2,1H3. The van der Waals surface area contributed by atoms with Crippen LogP contribution in [-0.4, -0.2) is 12.8 Å². The molecule has 1 atom stereocenters. The normalized spacial score (nSPS) is 19.6. The lowest BCUT2D eigenvalue weighted by Crippen LogP contribution is -2.16. The molecule has 104 valence electrons. The third-order valence-corrected chi connectivity index (χ3v) is 4.33. The Bertz CT molecular complexity index is 468. The van der Waals surface area contributed by atoms with Crippen LogP contribution in [0.25, 0.3) is 0 Å². The molecule has 2 rings (SSSR count). The molecule has 0 aromatic heterocycles. The zero-order valence-electron chi connectivity index (χ0n) is 10.9. The second-order valence-corrected chi connectivity index (χ2v) is 6.75. The summed E-state index contributed by atoms with van der Waals surface area (Å²) in [6.07, 6.45) is 5.36. The van der Waals surface area contributed by atoms with Gasteiger partial charge in [-0.1, -0.05) is 19.3 Å². The van der Waals surface area contributed by atoms with Crippen molar-refractivity contribution < 1.29 is 13.6 Å². The molecule has 0 aliphatic heterocycles. The average Bonchev–Trinajstić information content (AvgIpc) is 2.39. The van der Waals surface area contributed by atoms with Gasteiger partial charge in [-0.2, -0.15) is 0 Å². The van der Waals surface area contributed by atoms with Gasteiger partial charge in [-0.3, -0.25) is 4.52 Å². The molecule has 5 nitrogen and oxygen atoms in total. The summed E-state index contributed by atoms with van der Waals surface area (Å²) in [5, 5.41) is 2.80. The first-order valence-electron chi connectivity index (χ1n) is 6.48. The molecule has 0 heterocycles. The molecular weight excluding hydrogens is 265 g/mol. The minimum atomic E-state index is -3.12. The molecule has 19 heavy (non-hydrogen) atoms. The second-order valence-electron chi connectivity index (χ2n) is 4.81. The van der Waals surface area contributed by atoms with E-state index >= 15 is 0 Å². The minimum Gasteiger partial charge on any atom is -0.425 e. The number of hydrogen-bond donors (Lipinski definition) is 0. The van der Waals surface area contributed by atoms with E-state index in [0.717, 1.165) is 25.7 Å². The average molecular weight is 283 g/mol. The predicted molar refractivity (Wildman–Crippen MR) is 74.0 cm³/mol. The van der Waals surface area contributed by atoms with Gasteiger partial charge in [0.05, 0.1) is 6.10 Å². The lowest BCUT2D eigenvalue weighted by Gasteiger charge is -2.25. The molecule has 0 amide bonds. The second kappa shape index (κ2) is 6.31. The van der Waals surface area contributed by atoms with E-state index in [1.54, 1.807) is 12.1 Å². The van der Waals surface area contributed by atoms with E-state index in [-0.39, 0.29) is 6.10 Å². The Morgan fingerprint density at radius 2 is 1.79 bits per heavy atom. The van der Waals surface area contributed by atoms with Crippen LogP contribution in [0.4, 0.5) is 5.69 Å². The van der Waals surface area contributed by atoms with Crippen molar-refractivity contribution >= 4 is 13.3 Å². The number of benzene rings is 1. The van der Waals surface area contributed by atoms with E-state index in [9.17, 15) is 9.47 Å². The number of nitroso groups, excluding NO2 is 1. The summed E-state index contributed by atoms with van der Waals surface area (Å²) in [7, 11) is -3.12. The molecule has 0 spiro atoms. The van der Waals surface area contributed by atoms with Gasteiger partial charge in [-0.05, 0) is 42.3 Å². The molecule has 0 bridgehead atoms. The molecule has 1 aromatic carbocycles. The van der Waals surface area contributed by atoms with E-state index in [4.69, 9.17) is 9.05 Å². The Morgan fingerprint density at radius 3 is 2.37 bits per heavy atom. The van der Waals surface area contributed by atoms with Gasteiger partial charge < -0.3 is 4.52 Å². The zero-order valence-corrected chi connectivity index (χ0v) is 11.8. The smallest absolute Gasteiger partial charge is 0.376 e. The predicted octanol–water partition coefficient (Wildman–Crippen LogP) is 4.64. The van der Waals surface area contributed by atoms with Crippen LogP contribution in [0.3, 0.4) is 0 Å². The summed E-state index contributed by atoms with van der Waals surface area (Å²) in [6, 6.07) is 6.17. The van der Waals surface area contributed by atoms with Crippen molar-refractivity contribution in [1.82, 2.24) is 0 Å². The summed E-state index contributed by atoms with van der Waals surface area (Å²) in [5.74, 6) is 0.425. The van der Waals surface area contributed by atoms with Crippen molar-refractivity contribution in [3.63, 3.8) is 0 Å². The van der Waals surface area contributed by atoms with Crippen LogP contribution in [0.5, 0.6) is 5.75 Å². The largest absolute Gasteiger partial charge is 0.425 e. The van der Waals surface area contributed by atoms with Crippen molar-refractivity contribution in [2.75, 3.05) is 6.66 Å². The monoisotopic (exact) mass is 283 g/mol. The SMILES string of the molecule is CP(=O)(Oc1ccc(N=O)cc1)OC1CCCCC1. The summed E-state index contributed by atoms with van der Waals surface area (Å²) < 4.78 is 23.3. The van der Waals surface area contributed by atoms with Crippen molar-refractivity contribution in [2.24, 2.45) is 5.18 Å². The molecule has 1 aromatic rings. The van der Waals surface area contributed by atoms with Gasteiger partial charge >= 0.3 is 7.60 Å². The van der Waals surface area contributed by atoms with E-state index in [1.165, 1.54) is 25.2 Å². The van der Waals surface area contributed by atoms with Crippen molar-refractivity contribution in [2.45, 2.75) is 38.2 Å². The number of hydrogen-bond acceptors (Lipinski definition) is 5. The Labute approximate surface area is 112 Å². The Hall–Kier alpha value is -1.19. The molecule has 1 saturated carbocycles.